The Hall–Kier alpha value is -2.12. The summed E-state index contributed by atoms with van der Waals surface area (Å²) in [7, 11) is -3.17. The first kappa shape index (κ1) is 17.7. The van der Waals surface area contributed by atoms with Crippen LogP contribution in [-0.4, -0.2) is 26.6 Å². The van der Waals surface area contributed by atoms with E-state index in [-0.39, 0.29) is 11.7 Å². The lowest BCUT2D eigenvalue weighted by molar-refractivity contribution is -0.111. The molecule has 1 aliphatic rings. The van der Waals surface area contributed by atoms with Crippen molar-refractivity contribution < 1.29 is 13.2 Å². The monoisotopic (exact) mass is 420 g/mol. The molecule has 1 amide bonds. The molecular formula is C18H17BrN2O3S. The van der Waals surface area contributed by atoms with Crippen LogP contribution in [0.1, 0.15) is 12.0 Å². The second-order valence-corrected chi connectivity index (χ2v) is 8.59. The molecule has 1 fully saturated rings. The number of hydrogen-bond acceptors (Lipinski definition) is 3. The third kappa shape index (κ3) is 4.49. The number of hydrogen-bond donors (Lipinski definition) is 1. The minimum absolute atomic E-state index is 0.199. The zero-order chi connectivity index (χ0) is 17.9. The third-order valence-electron chi connectivity index (χ3n) is 3.82. The molecule has 5 nitrogen and oxygen atoms in total. The Balaban J connectivity index is 1.63. The summed E-state index contributed by atoms with van der Waals surface area (Å²) in [6.45, 7) is 0.521. The van der Waals surface area contributed by atoms with Crippen LogP contribution in [0, 0.1) is 0 Å². The van der Waals surface area contributed by atoms with Crippen molar-refractivity contribution in [3.8, 4) is 0 Å². The molecule has 3 rings (SSSR count). The molecule has 7 heteroatoms. The largest absolute Gasteiger partial charge is 0.323 e. The van der Waals surface area contributed by atoms with E-state index in [4.69, 9.17) is 0 Å². The summed E-state index contributed by atoms with van der Waals surface area (Å²) in [5, 5.41) is 2.77. The van der Waals surface area contributed by atoms with Gasteiger partial charge in [0, 0.05) is 22.8 Å². The molecule has 25 heavy (non-hydrogen) atoms. The van der Waals surface area contributed by atoms with E-state index in [1.807, 2.05) is 12.1 Å². The summed E-state index contributed by atoms with van der Waals surface area (Å²) < 4.78 is 26.2. The van der Waals surface area contributed by atoms with E-state index in [1.54, 1.807) is 42.5 Å². The molecule has 0 unspecified atom stereocenters. The summed E-state index contributed by atoms with van der Waals surface area (Å²) in [6, 6.07) is 14.4. The van der Waals surface area contributed by atoms with Crippen molar-refractivity contribution >= 4 is 49.3 Å². The molecule has 0 spiro atoms. The Morgan fingerprint density at radius 1 is 1.08 bits per heavy atom. The average molecular weight is 421 g/mol. The van der Waals surface area contributed by atoms with Crippen molar-refractivity contribution in [3.63, 3.8) is 0 Å². The Bertz CT molecular complexity index is 891. The van der Waals surface area contributed by atoms with Gasteiger partial charge in [0.2, 0.25) is 15.9 Å². The number of amides is 1. The molecule has 0 bridgehead atoms. The number of rotatable bonds is 4. The highest BCUT2D eigenvalue weighted by molar-refractivity contribution is 9.10. The van der Waals surface area contributed by atoms with Crippen molar-refractivity contribution in [2.75, 3.05) is 21.9 Å². The first-order valence-electron chi connectivity index (χ1n) is 7.79. The Labute approximate surface area is 155 Å². The smallest absolute Gasteiger partial charge is 0.248 e. The topological polar surface area (TPSA) is 66.5 Å². The highest BCUT2D eigenvalue weighted by Gasteiger charge is 2.28. The molecule has 1 N–H and O–H groups in total. The van der Waals surface area contributed by atoms with Crippen LogP contribution in [0.5, 0.6) is 0 Å². The molecule has 1 heterocycles. The molecular weight excluding hydrogens is 404 g/mol. The number of halogens is 1. The minimum atomic E-state index is -3.17. The predicted octanol–water partition coefficient (Wildman–Crippen LogP) is 3.64. The summed E-state index contributed by atoms with van der Waals surface area (Å²) in [5.74, 6) is -0.0289. The molecule has 0 radical (unpaired) electrons. The van der Waals surface area contributed by atoms with Crippen LogP contribution in [-0.2, 0) is 14.8 Å². The van der Waals surface area contributed by atoms with Crippen LogP contribution in [0.25, 0.3) is 6.08 Å². The molecule has 0 atom stereocenters. The van der Waals surface area contributed by atoms with E-state index < -0.39 is 10.0 Å². The maximum absolute atomic E-state index is 11.9. The van der Waals surface area contributed by atoms with Crippen molar-refractivity contribution in [2.45, 2.75) is 6.42 Å². The van der Waals surface area contributed by atoms with E-state index >= 15 is 0 Å². The number of carbonyl (C=O) groups is 1. The Morgan fingerprint density at radius 2 is 1.76 bits per heavy atom. The van der Waals surface area contributed by atoms with Crippen molar-refractivity contribution in [1.29, 1.82) is 0 Å². The lowest BCUT2D eigenvalue weighted by Crippen LogP contribution is -2.24. The van der Waals surface area contributed by atoms with Crippen LogP contribution in [0.3, 0.4) is 0 Å². The lowest BCUT2D eigenvalue weighted by atomic mass is 10.2. The first-order chi connectivity index (χ1) is 11.9. The van der Waals surface area contributed by atoms with E-state index in [0.717, 1.165) is 10.0 Å². The van der Waals surface area contributed by atoms with Gasteiger partial charge in [-0.1, -0.05) is 28.1 Å². The van der Waals surface area contributed by atoms with Gasteiger partial charge in [0.05, 0.1) is 11.4 Å². The number of nitrogens with one attached hydrogen (secondary N) is 1. The maximum Gasteiger partial charge on any atom is 0.248 e. The van der Waals surface area contributed by atoms with Crippen LogP contribution in [0.15, 0.2) is 59.1 Å². The fourth-order valence-corrected chi connectivity index (χ4v) is 4.40. The van der Waals surface area contributed by atoms with Gasteiger partial charge in [0.15, 0.2) is 0 Å². The zero-order valence-electron chi connectivity index (χ0n) is 13.4. The van der Waals surface area contributed by atoms with Crippen LogP contribution in [0.2, 0.25) is 0 Å². The van der Waals surface area contributed by atoms with E-state index in [1.165, 1.54) is 10.4 Å². The standard InChI is InChI=1S/C18H17BrN2O3S/c19-15-5-7-16(8-6-15)20-18(22)11-4-14-2-9-17(10-3-14)21-12-1-13-25(21,23)24/h2-11H,1,12-13H2,(H,20,22)/b11-4+. The fraction of sp³-hybridized carbons (Fsp3) is 0.167. The molecule has 1 saturated heterocycles. The normalized spacial score (nSPS) is 16.3. The highest BCUT2D eigenvalue weighted by atomic mass is 79.9. The van der Waals surface area contributed by atoms with Gasteiger partial charge in [-0.25, -0.2) is 8.42 Å². The van der Waals surface area contributed by atoms with Crippen LogP contribution in [0.4, 0.5) is 11.4 Å². The zero-order valence-corrected chi connectivity index (χ0v) is 15.8. The van der Waals surface area contributed by atoms with Gasteiger partial charge in [-0.2, -0.15) is 0 Å². The van der Waals surface area contributed by atoms with E-state index in [9.17, 15) is 13.2 Å². The Morgan fingerprint density at radius 3 is 2.36 bits per heavy atom. The molecule has 0 aromatic heterocycles. The Kier molecular flexibility index (Phi) is 5.24. The van der Waals surface area contributed by atoms with Crippen molar-refractivity contribution in [3.05, 3.63) is 64.6 Å². The average Bonchev–Trinajstić information content (AvgIpc) is 2.95. The van der Waals surface area contributed by atoms with Crippen molar-refractivity contribution in [1.82, 2.24) is 0 Å². The van der Waals surface area contributed by atoms with Gasteiger partial charge < -0.3 is 5.32 Å². The van der Waals surface area contributed by atoms with Crippen LogP contribution >= 0.6 is 15.9 Å². The lowest BCUT2D eigenvalue weighted by Gasteiger charge is -2.16. The highest BCUT2D eigenvalue weighted by Crippen LogP contribution is 2.24. The SMILES string of the molecule is O=C(/C=C/c1ccc(N2CCCS2(=O)=O)cc1)Nc1ccc(Br)cc1. The van der Waals surface area contributed by atoms with E-state index in [2.05, 4.69) is 21.2 Å². The molecule has 0 aliphatic carbocycles. The van der Waals surface area contributed by atoms with Crippen molar-refractivity contribution in [2.24, 2.45) is 0 Å². The summed E-state index contributed by atoms with van der Waals surface area (Å²) in [5.41, 5.74) is 2.20. The van der Waals surface area contributed by atoms with Gasteiger partial charge in [0.25, 0.3) is 0 Å². The minimum Gasteiger partial charge on any atom is -0.323 e. The van der Waals surface area contributed by atoms with E-state index in [0.29, 0.717) is 24.3 Å². The van der Waals surface area contributed by atoms with Gasteiger partial charge in [-0.15, -0.1) is 0 Å². The number of sulfonamides is 1. The molecule has 2 aromatic rings. The first-order valence-corrected chi connectivity index (χ1v) is 10.2. The summed E-state index contributed by atoms with van der Waals surface area (Å²) in [6.07, 6.45) is 3.79. The predicted molar refractivity (Wildman–Crippen MR) is 104 cm³/mol. The molecule has 130 valence electrons. The van der Waals surface area contributed by atoms with Gasteiger partial charge in [-0.05, 0) is 54.5 Å². The molecule has 2 aromatic carbocycles. The number of nitrogens with zero attached hydrogens (tertiary/aromatic N) is 1. The fourth-order valence-electron chi connectivity index (χ4n) is 2.57. The van der Waals surface area contributed by atoms with Gasteiger partial charge >= 0.3 is 0 Å². The second kappa shape index (κ2) is 7.41. The number of carbonyl (C=O) groups excluding carboxylic acids is 1. The number of anilines is 2. The maximum atomic E-state index is 11.9. The molecule has 1 aliphatic heterocycles. The van der Waals surface area contributed by atoms with Gasteiger partial charge in [0.1, 0.15) is 0 Å². The third-order valence-corrected chi connectivity index (χ3v) is 6.22. The quantitative estimate of drug-likeness (QED) is 0.767. The molecule has 0 saturated carbocycles. The number of benzene rings is 2. The van der Waals surface area contributed by atoms with Gasteiger partial charge in [-0.3, -0.25) is 9.10 Å². The summed E-state index contributed by atoms with van der Waals surface area (Å²) >= 11 is 3.34. The second-order valence-electron chi connectivity index (χ2n) is 5.66. The van der Waals surface area contributed by atoms with Crippen LogP contribution < -0.4 is 9.62 Å². The summed E-state index contributed by atoms with van der Waals surface area (Å²) in [4.78, 5) is 11.9.